The summed E-state index contributed by atoms with van der Waals surface area (Å²) in [7, 11) is 0. The molecule has 0 radical (unpaired) electrons. The van der Waals surface area contributed by atoms with Gasteiger partial charge in [0, 0.05) is 6.92 Å². The average molecular weight is 238 g/mol. The zero-order chi connectivity index (χ0) is 13.2. The first-order valence-electron chi connectivity index (χ1n) is 4.63. The maximum Gasteiger partial charge on any atom is 0.339 e. The number of Topliss-reactive ketones (excluding diaryl/α,β-unsaturated/α-hetero) is 1. The Labute approximate surface area is 96.4 Å². The van der Waals surface area contributed by atoms with Crippen LogP contribution in [0.5, 0.6) is 11.5 Å². The van der Waals surface area contributed by atoms with E-state index in [1.54, 1.807) is 0 Å². The summed E-state index contributed by atoms with van der Waals surface area (Å²) in [5, 5.41) is 18.4. The van der Waals surface area contributed by atoms with E-state index in [0.29, 0.717) is 0 Å². The molecule has 0 aliphatic rings. The van der Waals surface area contributed by atoms with Crippen molar-refractivity contribution in [3.63, 3.8) is 0 Å². The number of ether oxygens (including phenoxy) is 1. The van der Waals surface area contributed by atoms with Gasteiger partial charge >= 0.3 is 11.9 Å². The summed E-state index contributed by atoms with van der Waals surface area (Å²) in [5.74, 6) is -3.51. The van der Waals surface area contributed by atoms with E-state index in [1.165, 1.54) is 0 Å². The molecule has 0 fully saturated rings. The normalized spacial score (nSPS) is 9.76. The highest BCUT2D eigenvalue weighted by Gasteiger charge is 2.21. The zero-order valence-corrected chi connectivity index (χ0v) is 9.18. The molecule has 0 aromatic heterocycles. The maximum atomic E-state index is 11.3. The molecule has 0 heterocycles. The number of hydrogen-bond acceptors (Lipinski definition) is 5. The van der Waals surface area contributed by atoms with Crippen LogP contribution in [0.1, 0.15) is 34.6 Å². The molecule has 0 aliphatic carbocycles. The third-order valence-electron chi connectivity index (χ3n) is 1.98. The Morgan fingerprint density at radius 1 is 1.18 bits per heavy atom. The lowest BCUT2D eigenvalue weighted by atomic mass is 10.0. The monoisotopic (exact) mass is 238 g/mol. The number of aromatic hydroxyl groups is 1. The van der Waals surface area contributed by atoms with Gasteiger partial charge in [-0.3, -0.25) is 9.59 Å². The molecule has 1 aromatic rings. The van der Waals surface area contributed by atoms with Gasteiger partial charge in [0.15, 0.2) is 5.78 Å². The second kappa shape index (κ2) is 4.65. The third kappa shape index (κ3) is 2.60. The van der Waals surface area contributed by atoms with E-state index >= 15 is 0 Å². The molecular weight excluding hydrogens is 228 g/mol. The van der Waals surface area contributed by atoms with Gasteiger partial charge in [0.2, 0.25) is 0 Å². The van der Waals surface area contributed by atoms with Crippen LogP contribution in [0.3, 0.4) is 0 Å². The first-order chi connectivity index (χ1) is 7.84. The van der Waals surface area contributed by atoms with Crippen molar-refractivity contribution in [1.29, 1.82) is 0 Å². The predicted molar refractivity (Wildman–Crippen MR) is 56.4 cm³/mol. The zero-order valence-electron chi connectivity index (χ0n) is 9.18. The predicted octanol–water partition coefficient (Wildman–Crippen LogP) is 1.22. The summed E-state index contributed by atoms with van der Waals surface area (Å²) >= 11 is 0. The third-order valence-corrected chi connectivity index (χ3v) is 1.98. The maximum absolute atomic E-state index is 11.3. The number of phenols is 1. The molecule has 6 nitrogen and oxygen atoms in total. The number of ketones is 1. The summed E-state index contributed by atoms with van der Waals surface area (Å²) < 4.78 is 4.71. The fraction of sp³-hybridized carbons (Fsp3) is 0.182. The smallest absolute Gasteiger partial charge is 0.339 e. The van der Waals surface area contributed by atoms with E-state index in [0.717, 1.165) is 26.0 Å². The lowest BCUT2D eigenvalue weighted by Crippen LogP contribution is -2.08. The molecule has 2 N–H and O–H groups in total. The van der Waals surface area contributed by atoms with Crippen LogP contribution in [-0.2, 0) is 4.79 Å². The SMILES string of the molecule is CC(=O)Oc1ccc(C(=O)O)c(O)c1C(C)=O. The minimum Gasteiger partial charge on any atom is -0.506 e. The first-order valence-corrected chi connectivity index (χ1v) is 4.63. The van der Waals surface area contributed by atoms with Crippen molar-refractivity contribution in [2.75, 3.05) is 0 Å². The van der Waals surface area contributed by atoms with Crippen LogP contribution in [0.15, 0.2) is 12.1 Å². The second-order valence-corrected chi connectivity index (χ2v) is 3.29. The van der Waals surface area contributed by atoms with Crippen molar-refractivity contribution in [3.8, 4) is 11.5 Å². The number of rotatable bonds is 3. The molecule has 1 rings (SSSR count). The van der Waals surface area contributed by atoms with Crippen molar-refractivity contribution in [2.45, 2.75) is 13.8 Å². The van der Waals surface area contributed by atoms with Crippen molar-refractivity contribution < 1.29 is 29.3 Å². The van der Waals surface area contributed by atoms with Crippen LogP contribution in [0.4, 0.5) is 0 Å². The molecule has 17 heavy (non-hydrogen) atoms. The van der Waals surface area contributed by atoms with Gasteiger partial charge in [-0.1, -0.05) is 0 Å². The highest BCUT2D eigenvalue weighted by molar-refractivity contribution is 6.04. The number of carbonyl (C=O) groups excluding carboxylic acids is 2. The average Bonchev–Trinajstić information content (AvgIpc) is 2.15. The number of aromatic carboxylic acids is 1. The summed E-state index contributed by atoms with van der Waals surface area (Å²) in [6.07, 6.45) is 0. The summed E-state index contributed by atoms with van der Waals surface area (Å²) in [4.78, 5) is 32.8. The number of carbonyl (C=O) groups is 3. The van der Waals surface area contributed by atoms with E-state index in [4.69, 9.17) is 9.84 Å². The van der Waals surface area contributed by atoms with Crippen LogP contribution < -0.4 is 4.74 Å². The molecule has 0 saturated carbocycles. The molecule has 0 bridgehead atoms. The standard InChI is InChI=1S/C11H10O6/c1-5(12)9-8(17-6(2)13)4-3-7(10(9)14)11(15)16/h3-4,14H,1-2H3,(H,15,16). The van der Waals surface area contributed by atoms with E-state index in [-0.39, 0.29) is 11.3 Å². The van der Waals surface area contributed by atoms with E-state index < -0.39 is 29.0 Å². The molecule has 1 aromatic carbocycles. The van der Waals surface area contributed by atoms with Gasteiger partial charge in [-0.25, -0.2) is 4.79 Å². The van der Waals surface area contributed by atoms with Gasteiger partial charge in [-0.2, -0.15) is 0 Å². The highest BCUT2D eigenvalue weighted by Crippen LogP contribution is 2.31. The molecule has 0 amide bonds. The van der Waals surface area contributed by atoms with Crippen LogP contribution >= 0.6 is 0 Å². The molecule has 0 aliphatic heterocycles. The summed E-state index contributed by atoms with van der Waals surface area (Å²) in [6, 6.07) is 2.21. The van der Waals surface area contributed by atoms with Gasteiger partial charge in [0.05, 0.1) is 0 Å². The minimum atomic E-state index is -1.38. The Morgan fingerprint density at radius 3 is 2.18 bits per heavy atom. The van der Waals surface area contributed by atoms with Crippen LogP contribution in [-0.4, -0.2) is 27.9 Å². The van der Waals surface area contributed by atoms with Crippen molar-refractivity contribution in [3.05, 3.63) is 23.3 Å². The first kappa shape index (κ1) is 12.7. The van der Waals surface area contributed by atoms with Gasteiger partial charge < -0.3 is 14.9 Å². The fourth-order valence-electron chi connectivity index (χ4n) is 1.33. The number of carboxylic acid groups (broad SMARTS) is 1. The highest BCUT2D eigenvalue weighted by atomic mass is 16.5. The molecule has 6 heteroatoms. The molecule has 0 unspecified atom stereocenters. The lowest BCUT2D eigenvalue weighted by molar-refractivity contribution is -0.131. The molecule has 0 atom stereocenters. The summed E-state index contributed by atoms with van der Waals surface area (Å²) in [6.45, 7) is 2.26. The van der Waals surface area contributed by atoms with E-state index in [2.05, 4.69) is 0 Å². The Bertz CT molecular complexity index is 503. The molecule has 90 valence electrons. The number of benzene rings is 1. The van der Waals surface area contributed by atoms with Crippen molar-refractivity contribution >= 4 is 17.7 Å². The quantitative estimate of drug-likeness (QED) is 0.466. The van der Waals surface area contributed by atoms with Gasteiger partial charge in [-0.15, -0.1) is 0 Å². The minimum absolute atomic E-state index is 0.160. The molecule has 0 saturated heterocycles. The number of esters is 1. The van der Waals surface area contributed by atoms with Gasteiger partial charge in [0.25, 0.3) is 0 Å². The van der Waals surface area contributed by atoms with Crippen LogP contribution in [0, 0.1) is 0 Å². The van der Waals surface area contributed by atoms with E-state index in [9.17, 15) is 19.5 Å². The fourth-order valence-corrected chi connectivity index (χ4v) is 1.33. The Kier molecular flexibility index (Phi) is 3.47. The van der Waals surface area contributed by atoms with Crippen molar-refractivity contribution in [2.24, 2.45) is 0 Å². The molecular formula is C11H10O6. The lowest BCUT2D eigenvalue weighted by Gasteiger charge is -2.10. The molecule has 0 spiro atoms. The van der Waals surface area contributed by atoms with Crippen molar-refractivity contribution in [1.82, 2.24) is 0 Å². The number of carboxylic acids is 1. The largest absolute Gasteiger partial charge is 0.506 e. The van der Waals surface area contributed by atoms with Gasteiger partial charge in [0.1, 0.15) is 22.6 Å². The van der Waals surface area contributed by atoms with E-state index in [1.807, 2.05) is 0 Å². The number of hydrogen-bond donors (Lipinski definition) is 2. The Hall–Kier alpha value is -2.37. The Balaban J connectivity index is 3.44. The summed E-state index contributed by atoms with van der Waals surface area (Å²) in [5.41, 5.74) is -0.744. The van der Waals surface area contributed by atoms with Gasteiger partial charge in [-0.05, 0) is 19.1 Å². The van der Waals surface area contributed by atoms with Crippen LogP contribution in [0.25, 0.3) is 0 Å². The second-order valence-electron chi connectivity index (χ2n) is 3.29. The Morgan fingerprint density at radius 2 is 1.76 bits per heavy atom. The topological polar surface area (TPSA) is 101 Å². The van der Waals surface area contributed by atoms with Crippen LogP contribution in [0.2, 0.25) is 0 Å².